The molecule has 6 heterocycles. The van der Waals surface area contributed by atoms with Crippen LogP contribution in [-0.4, -0.2) is 83.4 Å². The molecule has 2 aromatic heterocycles. The van der Waals surface area contributed by atoms with Crippen LogP contribution in [0.3, 0.4) is 0 Å². The number of aromatic hydroxyl groups is 1. The molecule has 2 aromatic carbocycles. The molecule has 4 aliphatic heterocycles. The fraction of sp³-hybridized carbons (Fsp3) is 0.414. The summed E-state index contributed by atoms with van der Waals surface area (Å²) in [6.45, 7) is 3.27. The zero-order chi connectivity index (χ0) is 26.8. The lowest BCUT2D eigenvalue weighted by molar-refractivity contribution is 0.245. The first kappa shape index (κ1) is 24.7. The second kappa shape index (κ2) is 9.43. The normalized spacial score (nSPS) is 21.7. The fourth-order valence-corrected chi connectivity index (χ4v) is 6.56. The molecule has 0 amide bonds. The first-order valence-corrected chi connectivity index (χ1v) is 13.9. The summed E-state index contributed by atoms with van der Waals surface area (Å²) in [5, 5.41) is 15.7. The fourth-order valence-electron chi connectivity index (χ4n) is 6.26. The molecule has 4 saturated heterocycles. The Bertz CT molecular complexity index is 1590. The number of hydrogen-bond donors (Lipinski definition) is 2. The number of pyridine rings is 1. The summed E-state index contributed by atoms with van der Waals surface area (Å²) in [5.41, 5.74) is 1.43. The van der Waals surface area contributed by atoms with E-state index in [1.54, 1.807) is 24.4 Å². The van der Waals surface area contributed by atoms with Gasteiger partial charge in [-0.25, -0.2) is 9.37 Å². The molecule has 2 atom stereocenters. The molecular formula is C29H31ClFN7O. The van der Waals surface area contributed by atoms with Crippen molar-refractivity contribution in [1.29, 1.82) is 0 Å². The van der Waals surface area contributed by atoms with E-state index < -0.39 is 5.82 Å². The predicted octanol–water partition coefficient (Wildman–Crippen LogP) is 4.42. The highest BCUT2D eigenvalue weighted by molar-refractivity contribution is 6.35. The van der Waals surface area contributed by atoms with Crippen LogP contribution in [0.2, 0.25) is 5.02 Å². The largest absolute Gasteiger partial charge is 0.508 e. The van der Waals surface area contributed by atoms with E-state index in [-0.39, 0.29) is 27.9 Å². The zero-order valence-electron chi connectivity index (χ0n) is 22.0. The van der Waals surface area contributed by atoms with Gasteiger partial charge in [0, 0.05) is 72.4 Å². The molecule has 2 N–H and O–H groups in total. The standard InChI is InChI=1S/C29H31ClFN7O/c1-36(2)19-14-37(15-19)29-34-27-22(28(35-29)38-13-17-6-3-7-18(38)12-33-17)11-23(30)24(25(27)31)21-10-20(39)9-16-5-4-8-32-26(16)21/h4-5,8-11,17-19,33,39H,3,6-7,12-15H2,1-2H3. The summed E-state index contributed by atoms with van der Waals surface area (Å²) in [6.07, 6.45) is 4.99. The van der Waals surface area contributed by atoms with Crippen molar-refractivity contribution in [2.75, 3.05) is 50.1 Å². The molecule has 4 aromatic rings. The van der Waals surface area contributed by atoms with E-state index in [1.165, 1.54) is 6.07 Å². The number of likely N-dealkylation sites (N-methyl/N-ethyl adjacent to an activating group) is 1. The quantitative estimate of drug-likeness (QED) is 0.388. The number of phenols is 1. The number of aromatic nitrogens is 3. The van der Waals surface area contributed by atoms with Crippen molar-refractivity contribution < 1.29 is 9.50 Å². The lowest BCUT2D eigenvalue weighted by atomic mass is 9.98. The van der Waals surface area contributed by atoms with Gasteiger partial charge in [-0.05, 0) is 57.6 Å². The van der Waals surface area contributed by atoms with Gasteiger partial charge in [-0.1, -0.05) is 17.7 Å². The van der Waals surface area contributed by atoms with Crippen molar-refractivity contribution >= 4 is 45.2 Å². The second-order valence-electron chi connectivity index (χ2n) is 11.2. The molecule has 2 unspecified atom stereocenters. The summed E-state index contributed by atoms with van der Waals surface area (Å²) in [5.74, 6) is 0.777. The van der Waals surface area contributed by atoms with Crippen molar-refractivity contribution in [3.8, 4) is 16.9 Å². The molecule has 8 nitrogen and oxygen atoms in total. The molecule has 4 fully saturated rings. The lowest BCUT2D eigenvalue weighted by Crippen LogP contribution is -2.58. The number of nitrogens with one attached hydrogen (secondary N) is 1. The minimum Gasteiger partial charge on any atom is -0.508 e. The minimum absolute atomic E-state index is 0.0218. The van der Waals surface area contributed by atoms with Crippen molar-refractivity contribution in [2.24, 2.45) is 0 Å². The molecule has 0 spiro atoms. The average Bonchev–Trinajstić information content (AvgIpc) is 3.23. The smallest absolute Gasteiger partial charge is 0.228 e. The number of nitrogens with zero attached hydrogens (tertiary/aromatic N) is 6. The molecule has 0 aliphatic carbocycles. The minimum atomic E-state index is -0.525. The van der Waals surface area contributed by atoms with Crippen LogP contribution in [0, 0.1) is 5.82 Å². The Morgan fingerprint density at radius 3 is 2.77 bits per heavy atom. The molecule has 39 heavy (non-hydrogen) atoms. The second-order valence-corrected chi connectivity index (χ2v) is 11.6. The van der Waals surface area contributed by atoms with Crippen LogP contribution in [0.5, 0.6) is 5.75 Å². The van der Waals surface area contributed by atoms with Crippen LogP contribution in [0.25, 0.3) is 32.9 Å². The number of hydrogen-bond acceptors (Lipinski definition) is 8. The molecule has 2 bridgehead atoms. The zero-order valence-corrected chi connectivity index (χ0v) is 22.8. The van der Waals surface area contributed by atoms with Crippen molar-refractivity contribution in [2.45, 2.75) is 37.4 Å². The van der Waals surface area contributed by atoms with Gasteiger partial charge < -0.3 is 25.1 Å². The van der Waals surface area contributed by atoms with Gasteiger partial charge in [0.2, 0.25) is 5.95 Å². The van der Waals surface area contributed by atoms with E-state index in [9.17, 15) is 5.11 Å². The first-order valence-electron chi connectivity index (χ1n) is 13.6. The van der Waals surface area contributed by atoms with E-state index in [2.05, 4.69) is 39.1 Å². The Labute approximate surface area is 231 Å². The number of phenolic OH excluding ortho intramolecular Hbond substituents is 1. The molecular weight excluding hydrogens is 517 g/mol. The van der Waals surface area contributed by atoms with Gasteiger partial charge in [-0.2, -0.15) is 4.98 Å². The topological polar surface area (TPSA) is 80.7 Å². The van der Waals surface area contributed by atoms with Gasteiger partial charge in [0.1, 0.15) is 17.1 Å². The van der Waals surface area contributed by atoms with Gasteiger partial charge >= 0.3 is 0 Å². The number of piperazine rings is 1. The Kier molecular flexibility index (Phi) is 5.98. The van der Waals surface area contributed by atoms with Crippen LogP contribution in [0.4, 0.5) is 16.2 Å². The SMILES string of the molecule is CN(C)C1CN(c2nc(N3CC4CCCC3CN4)c3cc(Cl)c(-c4cc(O)cc5cccnc45)c(F)c3n2)C1. The number of halogens is 2. The third kappa shape index (κ3) is 4.15. The maximum absolute atomic E-state index is 16.7. The van der Waals surface area contributed by atoms with E-state index in [4.69, 9.17) is 21.6 Å². The van der Waals surface area contributed by atoms with E-state index in [1.807, 2.05) is 6.07 Å². The number of anilines is 2. The summed E-state index contributed by atoms with van der Waals surface area (Å²) in [6, 6.07) is 9.61. The Balaban J connectivity index is 1.44. The van der Waals surface area contributed by atoms with Gasteiger partial charge in [0.15, 0.2) is 5.82 Å². The number of rotatable bonds is 4. The Hall–Kier alpha value is -3.27. The molecule has 0 radical (unpaired) electrons. The molecule has 8 rings (SSSR count). The van der Waals surface area contributed by atoms with Crippen molar-refractivity contribution in [3.05, 3.63) is 47.4 Å². The van der Waals surface area contributed by atoms with Gasteiger partial charge in [-0.3, -0.25) is 4.98 Å². The highest BCUT2D eigenvalue weighted by atomic mass is 35.5. The summed E-state index contributed by atoms with van der Waals surface area (Å²) >= 11 is 6.86. The maximum Gasteiger partial charge on any atom is 0.228 e. The molecule has 10 heteroatoms. The van der Waals surface area contributed by atoms with Crippen molar-refractivity contribution in [3.63, 3.8) is 0 Å². The monoisotopic (exact) mass is 547 g/mol. The molecule has 202 valence electrons. The van der Waals surface area contributed by atoms with Crippen LogP contribution in [-0.2, 0) is 0 Å². The van der Waals surface area contributed by atoms with Crippen molar-refractivity contribution in [1.82, 2.24) is 25.2 Å². The van der Waals surface area contributed by atoms with Crippen LogP contribution >= 0.6 is 11.6 Å². The summed E-state index contributed by atoms with van der Waals surface area (Å²) in [4.78, 5) is 21.0. The van der Waals surface area contributed by atoms with E-state index in [0.717, 1.165) is 51.3 Å². The number of benzene rings is 2. The Morgan fingerprint density at radius 2 is 1.95 bits per heavy atom. The summed E-state index contributed by atoms with van der Waals surface area (Å²) in [7, 11) is 4.13. The lowest BCUT2D eigenvalue weighted by Gasteiger charge is -2.43. The van der Waals surface area contributed by atoms with Crippen LogP contribution < -0.4 is 15.1 Å². The van der Waals surface area contributed by atoms with Gasteiger partial charge in [0.05, 0.1) is 10.5 Å². The van der Waals surface area contributed by atoms with Crippen LogP contribution in [0.1, 0.15) is 19.3 Å². The molecule has 0 saturated carbocycles. The highest BCUT2D eigenvalue weighted by Gasteiger charge is 2.36. The maximum atomic E-state index is 16.7. The number of fused-ring (bicyclic) bond motifs is 6. The Morgan fingerprint density at radius 1 is 1.10 bits per heavy atom. The van der Waals surface area contributed by atoms with Crippen LogP contribution in [0.15, 0.2) is 36.5 Å². The average molecular weight is 548 g/mol. The van der Waals surface area contributed by atoms with Gasteiger partial charge in [0.25, 0.3) is 0 Å². The summed E-state index contributed by atoms with van der Waals surface area (Å²) < 4.78 is 16.7. The first-order chi connectivity index (χ1) is 18.9. The van der Waals surface area contributed by atoms with E-state index >= 15 is 4.39 Å². The highest BCUT2D eigenvalue weighted by Crippen LogP contribution is 2.43. The van der Waals surface area contributed by atoms with Gasteiger partial charge in [-0.15, -0.1) is 0 Å². The third-order valence-electron chi connectivity index (χ3n) is 8.55. The predicted molar refractivity (Wildman–Crippen MR) is 153 cm³/mol. The third-order valence-corrected chi connectivity index (χ3v) is 8.85. The van der Waals surface area contributed by atoms with E-state index in [0.29, 0.717) is 39.9 Å². The molecule has 4 aliphatic rings.